The maximum Gasteiger partial charge on any atom is 0.227 e. The van der Waals surface area contributed by atoms with Crippen LogP contribution in [0.3, 0.4) is 0 Å². The first kappa shape index (κ1) is 20.0. The van der Waals surface area contributed by atoms with Crippen LogP contribution in [-0.2, 0) is 11.2 Å². The number of carbonyl (C=O) groups excluding carboxylic acids is 1. The highest BCUT2D eigenvalue weighted by Gasteiger charge is 2.24. The smallest absolute Gasteiger partial charge is 0.227 e. The third-order valence-electron chi connectivity index (χ3n) is 4.05. The molecule has 0 aliphatic carbocycles. The van der Waals surface area contributed by atoms with Crippen molar-refractivity contribution in [3.05, 3.63) is 29.8 Å². The van der Waals surface area contributed by atoms with Gasteiger partial charge in [-0.15, -0.1) is 11.8 Å². The number of thioether (sulfide) groups is 1. The van der Waals surface area contributed by atoms with Crippen molar-refractivity contribution in [1.29, 1.82) is 0 Å². The molecule has 1 N–H and O–H groups in total. The Kier molecular flexibility index (Phi) is 10.0. The molecule has 1 heterocycles. The van der Waals surface area contributed by atoms with Crippen LogP contribution in [0.5, 0.6) is 0 Å². The van der Waals surface area contributed by atoms with Crippen LogP contribution in [0.4, 0.5) is 0 Å². The molecular weight excluding hydrogens is 304 g/mol. The first-order valence-electron chi connectivity index (χ1n) is 8.87. The van der Waals surface area contributed by atoms with Crippen LogP contribution in [0.15, 0.2) is 29.2 Å². The minimum Gasteiger partial charge on any atom is -0.339 e. The Hall–Kier alpha value is -1.00. The van der Waals surface area contributed by atoms with E-state index in [-0.39, 0.29) is 5.91 Å². The summed E-state index contributed by atoms with van der Waals surface area (Å²) in [5.41, 5.74) is 1.12. The van der Waals surface area contributed by atoms with E-state index in [1.807, 2.05) is 13.8 Å². The standard InChI is InChI=1S/C17H26N2OS.C2H6/c1-3-12-19(15-8-10-18-11-9-15)17(20)13-14-4-6-16(21-2)7-5-14;1-2/h4-7,15,18H,3,8-13H2,1-2H3;1-2H3. The van der Waals surface area contributed by atoms with Gasteiger partial charge < -0.3 is 10.2 Å². The third-order valence-corrected chi connectivity index (χ3v) is 4.79. The Labute approximate surface area is 146 Å². The Morgan fingerprint density at radius 1 is 1.22 bits per heavy atom. The van der Waals surface area contributed by atoms with Gasteiger partial charge in [-0.3, -0.25) is 4.79 Å². The second-order valence-electron chi connectivity index (χ2n) is 5.59. The monoisotopic (exact) mass is 336 g/mol. The lowest BCUT2D eigenvalue weighted by atomic mass is 10.0. The summed E-state index contributed by atoms with van der Waals surface area (Å²) < 4.78 is 0. The number of carbonyl (C=O) groups is 1. The minimum absolute atomic E-state index is 0.278. The van der Waals surface area contributed by atoms with Crippen molar-refractivity contribution in [3.63, 3.8) is 0 Å². The summed E-state index contributed by atoms with van der Waals surface area (Å²) in [5, 5.41) is 3.37. The average molecular weight is 337 g/mol. The molecule has 23 heavy (non-hydrogen) atoms. The molecule has 1 aromatic rings. The molecule has 3 nitrogen and oxygen atoms in total. The van der Waals surface area contributed by atoms with E-state index in [2.05, 4.69) is 47.7 Å². The summed E-state index contributed by atoms with van der Waals surface area (Å²) in [6.07, 6.45) is 5.79. The van der Waals surface area contributed by atoms with Crippen molar-refractivity contribution < 1.29 is 4.79 Å². The summed E-state index contributed by atoms with van der Waals surface area (Å²) in [7, 11) is 0. The zero-order chi connectivity index (χ0) is 17.1. The number of rotatable bonds is 6. The second-order valence-corrected chi connectivity index (χ2v) is 6.47. The van der Waals surface area contributed by atoms with Crippen LogP contribution in [0, 0.1) is 0 Å². The number of hydrogen-bond donors (Lipinski definition) is 1. The summed E-state index contributed by atoms with van der Waals surface area (Å²) >= 11 is 1.73. The summed E-state index contributed by atoms with van der Waals surface area (Å²) in [6.45, 7) is 9.09. The van der Waals surface area contributed by atoms with E-state index >= 15 is 0 Å². The molecule has 4 heteroatoms. The van der Waals surface area contributed by atoms with Crippen LogP contribution < -0.4 is 5.32 Å². The van der Waals surface area contributed by atoms with Gasteiger partial charge in [0.1, 0.15) is 0 Å². The van der Waals surface area contributed by atoms with Crippen LogP contribution in [0.2, 0.25) is 0 Å². The molecule has 130 valence electrons. The Balaban J connectivity index is 0.00000127. The molecule has 0 aromatic heterocycles. The second kappa shape index (κ2) is 11.5. The summed E-state index contributed by atoms with van der Waals surface area (Å²) in [5.74, 6) is 0.278. The molecule has 0 spiro atoms. The van der Waals surface area contributed by atoms with Crippen LogP contribution >= 0.6 is 11.8 Å². The fourth-order valence-electron chi connectivity index (χ4n) is 2.89. The Morgan fingerprint density at radius 3 is 2.35 bits per heavy atom. The lowest BCUT2D eigenvalue weighted by Crippen LogP contribution is -2.47. The zero-order valence-corrected chi connectivity index (χ0v) is 15.9. The average Bonchev–Trinajstić information content (AvgIpc) is 2.62. The number of piperidine rings is 1. The van der Waals surface area contributed by atoms with E-state index in [9.17, 15) is 4.79 Å². The Bertz CT molecular complexity index is 441. The van der Waals surface area contributed by atoms with Gasteiger partial charge in [0.05, 0.1) is 6.42 Å². The van der Waals surface area contributed by atoms with Crippen LogP contribution in [0.25, 0.3) is 0 Å². The maximum atomic E-state index is 12.7. The lowest BCUT2D eigenvalue weighted by Gasteiger charge is -2.34. The fourth-order valence-corrected chi connectivity index (χ4v) is 3.30. The first-order valence-corrected chi connectivity index (χ1v) is 10.1. The Morgan fingerprint density at radius 2 is 1.83 bits per heavy atom. The predicted octanol–water partition coefficient (Wildman–Crippen LogP) is 3.97. The van der Waals surface area contributed by atoms with Gasteiger partial charge in [-0.1, -0.05) is 32.9 Å². The van der Waals surface area contributed by atoms with E-state index in [4.69, 9.17) is 0 Å². The van der Waals surface area contributed by atoms with Gasteiger partial charge >= 0.3 is 0 Å². The summed E-state index contributed by atoms with van der Waals surface area (Å²) in [4.78, 5) is 16.0. The molecular formula is C19H32N2OS. The van der Waals surface area contributed by atoms with Crippen molar-refractivity contribution in [2.75, 3.05) is 25.9 Å². The number of hydrogen-bond acceptors (Lipinski definition) is 3. The quantitative estimate of drug-likeness (QED) is 0.798. The molecule has 1 aliphatic rings. The van der Waals surface area contributed by atoms with Gasteiger partial charge in [-0.2, -0.15) is 0 Å². The van der Waals surface area contributed by atoms with Crippen LogP contribution in [0.1, 0.15) is 45.6 Å². The molecule has 1 fully saturated rings. The first-order chi connectivity index (χ1) is 11.2. The van der Waals surface area contributed by atoms with Gasteiger partial charge in [0.25, 0.3) is 0 Å². The fraction of sp³-hybridized carbons (Fsp3) is 0.632. The van der Waals surface area contributed by atoms with E-state index in [1.54, 1.807) is 11.8 Å². The molecule has 0 atom stereocenters. The van der Waals surface area contributed by atoms with Gasteiger partial charge in [0.15, 0.2) is 0 Å². The predicted molar refractivity (Wildman–Crippen MR) is 101 cm³/mol. The molecule has 1 amide bonds. The molecule has 1 saturated heterocycles. The van der Waals surface area contributed by atoms with E-state index in [0.29, 0.717) is 12.5 Å². The highest BCUT2D eigenvalue weighted by molar-refractivity contribution is 7.98. The van der Waals surface area contributed by atoms with Gasteiger partial charge in [0.2, 0.25) is 5.91 Å². The van der Waals surface area contributed by atoms with Crippen molar-refractivity contribution in [3.8, 4) is 0 Å². The van der Waals surface area contributed by atoms with Crippen molar-refractivity contribution in [2.24, 2.45) is 0 Å². The van der Waals surface area contributed by atoms with Gasteiger partial charge in [-0.05, 0) is 56.3 Å². The van der Waals surface area contributed by atoms with Crippen molar-refractivity contribution >= 4 is 17.7 Å². The maximum absolute atomic E-state index is 12.7. The van der Waals surface area contributed by atoms with E-state index < -0.39 is 0 Å². The highest BCUT2D eigenvalue weighted by Crippen LogP contribution is 2.17. The zero-order valence-electron chi connectivity index (χ0n) is 15.1. The molecule has 0 saturated carbocycles. The largest absolute Gasteiger partial charge is 0.339 e. The number of amides is 1. The number of nitrogens with one attached hydrogen (secondary N) is 1. The SMILES string of the molecule is CC.CCCN(C(=O)Cc1ccc(SC)cc1)C1CCNCC1. The van der Waals surface area contributed by atoms with Gasteiger partial charge in [-0.25, -0.2) is 0 Å². The molecule has 1 aliphatic heterocycles. The molecule has 2 rings (SSSR count). The molecule has 0 radical (unpaired) electrons. The van der Waals surface area contributed by atoms with E-state index in [1.165, 1.54) is 4.90 Å². The molecule has 0 bridgehead atoms. The number of nitrogens with zero attached hydrogens (tertiary/aromatic N) is 1. The molecule has 1 aromatic carbocycles. The van der Waals surface area contributed by atoms with Gasteiger partial charge in [0, 0.05) is 17.5 Å². The normalized spacial score (nSPS) is 14.8. The highest BCUT2D eigenvalue weighted by atomic mass is 32.2. The number of benzene rings is 1. The van der Waals surface area contributed by atoms with Crippen LogP contribution in [-0.4, -0.2) is 42.7 Å². The van der Waals surface area contributed by atoms with Crippen molar-refractivity contribution in [1.82, 2.24) is 10.2 Å². The topological polar surface area (TPSA) is 32.3 Å². The van der Waals surface area contributed by atoms with E-state index in [0.717, 1.165) is 44.5 Å². The third kappa shape index (κ3) is 6.56. The lowest BCUT2D eigenvalue weighted by molar-refractivity contribution is -0.133. The van der Waals surface area contributed by atoms with Crippen molar-refractivity contribution in [2.45, 2.75) is 57.4 Å². The molecule has 0 unspecified atom stereocenters. The minimum atomic E-state index is 0.278. The summed E-state index contributed by atoms with van der Waals surface area (Å²) in [6, 6.07) is 8.78.